The third kappa shape index (κ3) is 1.79. The average Bonchev–Trinajstić information content (AvgIpc) is 2.88. The van der Waals surface area contributed by atoms with Crippen LogP contribution < -0.4 is 5.73 Å². The largest absolute Gasteiger partial charge is 0.347 e. The number of thiazole rings is 1. The summed E-state index contributed by atoms with van der Waals surface area (Å²) >= 11 is 1.70. The van der Waals surface area contributed by atoms with E-state index >= 15 is 0 Å². The highest BCUT2D eigenvalue weighted by atomic mass is 32.1. The van der Waals surface area contributed by atoms with Gasteiger partial charge in [-0.1, -0.05) is 0 Å². The van der Waals surface area contributed by atoms with Crippen LogP contribution in [0.25, 0.3) is 0 Å². The molecule has 2 aromatic heterocycles. The van der Waals surface area contributed by atoms with E-state index in [9.17, 15) is 0 Å². The van der Waals surface area contributed by atoms with E-state index in [1.807, 2.05) is 11.6 Å². The second-order valence-electron chi connectivity index (χ2n) is 4.34. The van der Waals surface area contributed by atoms with Crippen LogP contribution >= 0.6 is 11.3 Å². The first kappa shape index (κ1) is 10.1. The maximum Gasteiger partial charge on any atom is 0.112 e. The molecule has 1 atom stereocenters. The Labute approximate surface area is 98.9 Å². The van der Waals surface area contributed by atoms with Crippen LogP contribution in [-0.4, -0.2) is 9.55 Å². The van der Waals surface area contributed by atoms with Crippen molar-refractivity contribution in [3.05, 3.63) is 40.1 Å². The van der Waals surface area contributed by atoms with E-state index in [1.165, 1.54) is 24.0 Å². The lowest BCUT2D eigenvalue weighted by molar-refractivity contribution is 0.573. The van der Waals surface area contributed by atoms with E-state index < -0.39 is 0 Å². The molecule has 0 aromatic carbocycles. The number of hydrogen-bond acceptors (Lipinski definition) is 3. The minimum Gasteiger partial charge on any atom is -0.347 e. The Morgan fingerprint density at radius 2 is 2.44 bits per heavy atom. The van der Waals surface area contributed by atoms with E-state index in [2.05, 4.69) is 21.9 Å². The third-order valence-electron chi connectivity index (χ3n) is 3.16. The Balaban J connectivity index is 1.87. The standard InChI is InChI=1S/C12H15N3S/c13-11-3-1-2-9-6-15(7-10(9)11)8-12-14-4-5-16-12/h4-7,11H,1-3,8,13H2. The molecule has 3 nitrogen and oxygen atoms in total. The molecule has 1 unspecified atom stereocenters. The number of rotatable bonds is 2. The maximum absolute atomic E-state index is 6.11. The molecule has 2 N–H and O–H groups in total. The number of aryl methyl sites for hydroxylation is 1. The van der Waals surface area contributed by atoms with Crippen LogP contribution in [0.1, 0.15) is 35.0 Å². The van der Waals surface area contributed by atoms with E-state index in [-0.39, 0.29) is 6.04 Å². The Morgan fingerprint density at radius 3 is 3.19 bits per heavy atom. The number of hydrogen-bond donors (Lipinski definition) is 1. The van der Waals surface area contributed by atoms with Gasteiger partial charge in [-0.15, -0.1) is 11.3 Å². The van der Waals surface area contributed by atoms with Gasteiger partial charge in [-0.25, -0.2) is 4.98 Å². The Bertz CT molecular complexity index is 472. The van der Waals surface area contributed by atoms with E-state index in [1.54, 1.807) is 11.3 Å². The van der Waals surface area contributed by atoms with Crippen LogP contribution in [0.4, 0.5) is 0 Å². The number of fused-ring (bicyclic) bond motifs is 1. The summed E-state index contributed by atoms with van der Waals surface area (Å²) in [4.78, 5) is 4.30. The van der Waals surface area contributed by atoms with Gasteiger partial charge in [-0.05, 0) is 30.4 Å². The molecule has 2 heterocycles. The lowest BCUT2D eigenvalue weighted by Crippen LogP contribution is -2.15. The molecule has 0 spiro atoms. The van der Waals surface area contributed by atoms with Gasteiger partial charge in [0.05, 0.1) is 6.54 Å². The van der Waals surface area contributed by atoms with Crippen molar-refractivity contribution in [2.75, 3.05) is 0 Å². The fraction of sp³-hybridized carbons (Fsp3) is 0.417. The van der Waals surface area contributed by atoms with Gasteiger partial charge in [0.25, 0.3) is 0 Å². The van der Waals surface area contributed by atoms with Crippen LogP contribution in [0.3, 0.4) is 0 Å². The van der Waals surface area contributed by atoms with Crippen molar-refractivity contribution in [1.29, 1.82) is 0 Å². The average molecular weight is 233 g/mol. The zero-order chi connectivity index (χ0) is 11.0. The van der Waals surface area contributed by atoms with Crippen LogP contribution in [0.15, 0.2) is 24.0 Å². The van der Waals surface area contributed by atoms with E-state index in [4.69, 9.17) is 5.73 Å². The highest BCUT2D eigenvalue weighted by Crippen LogP contribution is 2.28. The summed E-state index contributed by atoms with van der Waals surface area (Å²) in [5, 5.41) is 3.17. The number of nitrogens with zero attached hydrogens (tertiary/aromatic N) is 2. The Hall–Kier alpha value is -1.13. The molecule has 1 aliphatic rings. The van der Waals surface area contributed by atoms with Crippen LogP contribution in [0, 0.1) is 0 Å². The molecule has 84 valence electrons. The topological polar surface area (TPSA) is 43.8 Å². The first-order valence-electron chi connectivity index (χ1n) is 5.65. The van der Waals surface area contributed by atoms with Crippen molar-refractivity contribution in [2.24, 2.45) is 5.73 Å². The van der Waals surface area contributed by atoms with Gasteiger partial charge in [-0.2, -0.15) is 0 Å². The molecule has 3 rings (SSSR count). The molecule has 0 bridgehead atoms. The van der Waals surface area contributed by atoms with Crippen molar-refractivity contribution >= 4 is 11.3 Å². The van der Waals surface area contributed by atoms with Crippen LogP contribution in [0.2, 0.25) is 0 Å². The zero-order valence-corrected chi connectivity index (χ0v) is 9.91. The van der Waals surface area contributed by atoms with Gasteiger partial charge in [0.2, 0.25) is 0 Å². The predicted molar refractivity (Wildman–Crippen MR) is 65.5 cm³/mol. The molecular formula is C12H15N3S. The predicted octanol–water partition coefficient (Wildman–Crippen LogP) is 2.33. The van der Waals surface area contributed by atoms with Gasteiger partial charge in [0, 0.05) is 30.0 Å². The lowest BCUT2D eigenvalue weighted by Gasteiger charge is -2.17. The molecule has 1 aliphatic carbocycles. The molecule has 0 amide bonds. The molecule has 0 aliphatic heterocycles. The molecule has 0 fully saturated rings. The Morgan fingerprint density at radius 1 is 1.50 bits per heavy atom. The molecule has 0 saturated carbocycles. The highest BCUT2D eigenvalue weighted by molar-refractivity contribution is 7.09. The summed E-state index contributed by atoms with van der Waals surface area (Å²) in [6, 6.07) is 0.237. The first-order valence-corrected chi connectivity index (χ1v) is 6.53. The molecule has 16 heavy (non-hydrogen) atoms. The van der Waals surface area contributed by atoms with E-state index in [0.717, 1.165) is 18.0 Å². The monoisotopic (exact) mass is 233 g/mol. The summed E-state index contributed by atoms with van der Waals surface area (Å²) in [7, 11) is 0. The third-order valence-corrected chi connectivity index (χ3v) is 3.92. The van der Waals surface area contributed by atoms with Gasteiger partial charge < -0.3 is 10.3 Å². The lowest BCUT2D eigenvalue weighted by atomic mass is 9.92. The SMILES string of the molecule is NC1CCCc2cn(Cc3nccs3)cc21. The van der Waals surface area contributed by atoms with E-state index in [0.29, 0.717) is 0 Å². The molecule has 0 radical (unpaired) electrons. The summed E-state index contributed by atoms with van der Waals surface area (Å²) in [5.74, 6) is 0. The maximum atomic E-state index is 6.11. The Kier molecular flexibility index (Phi) is 2.53. The highest BCUT2D eigenvalue weighted by Gasteiger charge is 2.18. The summed E-state index contributed by atoms with van der Waals surface area (Å²) < 4.78 is 2.22. The van der Waals surface area contributed by atoms with Crippen molar-refractivity contribution in [3.63, 3.8) is 0 Å². The minimum atomic E-state index is 0.237. The zero-order valence-electron chi connectivity index (χ0n) is 9.10. The second-order valence-corrected chi connectivity index (χ2v) is 5.31. The second kappa shape index (κ2) is 4.03. The normalized spacial score (nSPS) is 19.7. The minimum absolute atomic E-state index is 0.237. The number of aromatic nitrogens is 2. The van der Waals surface area contributed by atoms with Crippen molar-refractivity contribution in [3.8, 4) is 0 Å². The molecule has 2 aromatic rings. The summed E-state index contributed by atoms with van der Waals surface area (Å²) in [6.07, 6.45) is 9.79. The molecular weight excluding hydrogens is 218 g/mol. The fourth-order valence-electron chi connectivity index (χ4n) is 2.36. The smallest absolute Gasteiger partial charge is 0.112 e. The summed E-state index contributed by atoms with van der Waals surface area (Å²) in [5.41, 5.74) is 8.87. The molecule has 0 saturated heterocycles. The van der Waals surface area contributed by atoms with Gasteiger partial charge in [-0.3, -0.25) is 0 Å². The quantitative estimate of drug-likeness (QED) is 0.865. The fourth-order valence-corrected chi connectivity index (χ4v) is 2.99. The van der Waals surface area contributed by atoms with Gasteiger partial charge >= 0.3 is 0 Å². The van der Waals surface area contributed by atoms with Crippen LogP contribution in [0.5, 0.6) is 0 Å². The number of nitrogens with two attached hydrogens (primary N) is 1. The van der Waals surface area contributed by atoms with Crippen molar-refractivity contribution in [1.82, 2.24) is 9.55 Å². The van der Waals surface area contributed by atoms with Crippen molar-refractivity contribution < 1.29 is 0 Å². The molecule has 4 heteroatoms. The summed E-state index contributed by atoms with van der Waals surface area (Å²) in [6.45, 7) is 0.872. The van der Waals surface area contributed by atoms with Gasteiger partial charge in [0.1, 0.15) is 5.01 Å². The van der Waals surface area contributed by atoms with Crippen molar-refractivity contribution in [2.45, 2.75) is 31.8 Å². The van der Waals surface area contributed by atoms with Crippen LogP contribution in [-0.2, 0) is 13.0 Å². The first-order chi connectivity index (χ1) is 7.83. The van der Waals surface area contributed by atoms with Gasteiger partial charge in [0.15, 0.2) is 0 Å².